The Morgan fingerprint density at radius 2 is 1.59 bits per heavy atom. The Kier molecular flexibility index (Phi) is 5.96. The lowest BCUT2D eigenvalue weighted by molar-refractivity contribution is 0.0696. The first-order valence-electron chi connectivity index (χ1n) is 9.14. The molecule has 3 rings (SSSR count). The summed E-state index contributed by atoms with van der Waals surface area (Å²) in [7, 11) is 0. The second-order valence-electron chi connectivity index (χ2n) is 6.89. The Balaban J connectivity index is 1.42. The molecule has 2 aromatic rings. The highest BCUT2D eigenvalue weighted by Gasteiger charge is 2.23. The van der Waals surface area contributed by atoms with Crippen molar-refractivity contribution in [2.24, 2.45) is 0 Å². The van der Waals surface area contributed by atoms with Gasteiger partial charge in [0.2, 0.25) is 0 Å². The number of urea groups is 1. The molecular formula is C21H24N2O4. The van der Waals surface area contributed by atoms with Crippen LogP contribution in [-0.2, 0) is 0 Å². The molecular weight excluding hydrogens is 344 g/mol. The molecule has 6 heteroatoms. The second-order valence-corrected chi connectivity index (χ2v) is 6.89. The summed E-state index contributed by atoms with van der Waals surface area (Å²) in [5, 5.41) is 14.8. The molecule has 0 radical (unpaired) electrons. The summed E-state index contributed by atoms with van der Waals surface area (Å²) in [5.41, 5.74) is 2.17. The van der Waals surface area contributed by atoms with E-state index in [-0.39, 0.29) is 23.7 Å². The summed E-state index contributed by atoms with van der Waals surface area (Å²) in [4.78, 5) is 23.0. The summed E-state index contributed by atoms with van der Waals surface area (Å²) in [6.07, 6.45) is 3.46. The van der Waals surface area contributed by atoms with Crippen molar-refractivity contribution in [2.75, 3.05) is 5.32 Å². The predicted octanol–water partition coefficient (Wildman–Crippen LogP) is 4.20. The van der Waals surface area contributed by atoms with Crippen molar-refractivity contribution in [3.63, 3.8) is 0 Å². The molecule has 2 amide bonds. The summed E-state index contributed by atoms with van der Waals surface area (Å²) in [6, 6.07) is 14.1. The molecule has 6 nitrogen and oxygen atoms in total. The fourth-order valence-corrected chi connectivity index (χ4v) is 3.18. The number of carbonyl (C=O) groups is 2. The molecule has 0 bridgehead atoms. The second kappa shape index (κ2) is 8.58. The molecule has 1 fully saturated rings. The van der Waals surface area contributed by atoms with Gasteiger partial charge in [0.15, 0.2) is 0 Å². The van der Waals surface area contributed by atoms with Crippen LogP contribution in [0.5, 0.6) is 5.75 Å². The summed E-state index contributed by atoms with van der Waals surface area (Å²) in [5.74, 6) is -0.273. The number of benzene rings is 2. The average molecular weight is 368 g/mol. The minimum Gasteiger partial charge on any atom is -0.490 e. The van der Waals surface area contributed by atoms with Crippen LogP contribution in [0.2, 0.25) is 0 Å². The molecule has 2 aromatic carbocycles. The maximum atomic E-state index is 12.1. The van der Waals surface area contributed by atoms with Gasteiger partial charge in [-0.25, -0.2) is 9.59 Å². The number of ether oxygens (including phenoxy) is 1. The SMILES string of the molecule is Cc1ccc(NC(=O)N[C@H]2CC[C@@H](Oc3ccc(C(=O)O)cc3)CC2)cc1. The van der Waals surface area contributed by atoms with Crippen LogP contribution < -0.4 is 15.4 Å². The first-order valence-corrected chi connectivity index (χ1v) is 9.14. The number of aromatic carboxylic acids is 1. The number of amides is 2. The van der Waals surface area contributed by atoms with Crippen LogP contribution in [0.15, 0.2) is 48.5 Å². The molecule has 1 aliphatic rings. The van der Waals surface area contributed by atoms with Crippen LogP contribution in [-0.4, -0.2) is 29.3 Å². The zero-order valence-corrected chi connectivity index (χ0v) is 15.3. The number of nitrogens with one attached hydrogen (secondary N) is 2. The van der Waals surface area contributed by atoms with Gasteiger partial charge in [-0.1, -0.05) is 17.7 Å². The van der Waals surface area contributed by atoms with Crippen LogP contribution in [0.25, 0.3) is 0 Å². The fraction of sp³-hybridized carbons (Fsp3) is 0.333. The van der Waals surface area contributed by atoms with E-state index in [2.05, 4.69) is 10.6 Å². The number of aryl methyl sites for hydroxylation is 1. The van der Waals surface area contributed by atoms with Crippen LogP contribution in [0.1, 0.15) is 41.6 Å². The Labute approximate surface area is 158 Å². The van der Waals surface area contributed by atoms with Crippen molar-refractivity contribution in [1.82, 2.24) is 5.32 Å². The molecule has 0 atom stereocenters. The third kappa shape index (κ3) is 5.48. The van der Waals surface area contributed by atoms with Gasteiger partial charge in [0, 0.05) is 11.7 Å². The van der Waals surface area contributed by atoms with E-state index in [4.69, 9.17) is 9.84 Å². The van der Waals surface area contributed by atoms with E-state index in [1.807, 2.05) is 31.2 Å². The largest absolute Gasteiger partial charge is 0.490 e. The minimum atomic E-state index is -0.947. The van der Waals surface area contributed by atoms with E-state index in [1.165, 1.54) is 0 Å². The lowest BCUT2D eigenvalue weighted by Crippen LogP contribution is -2.41. The van der Waals surface area contributed by atoms with E-state index in [1.54, 1.807) is 24.3 Å². The van der Waals surface area contributed by atoms with Gasteiger partial charge in [-0.05, 0) is 69.0 Å². The number of carbonyl (C=O) groups excluding carboxylic acids is 1. The summed E-state index contributed by atoms with van der Waals surface area (Å²) < 4.78 is 5.93. The third-order valence-corrected chi connectivity index (χ3v) is 4.72. The van der Waals surface area contributed by atoms with Crippen molar-refractivity contribution in [3.8, 4) is 5.75 Å². The molecule has 0 spiro atoms. The van der Waals surface area contributed by atoms with Gasteiger partial charge in [-0.2, -0.15) is 0 Å². The first kappa shape index (κ1) is 18.8. The van der Waals surface area contributed by atoms with Crippen molar-refractivity contribution in [2.45, 2.75) is 44.8 Å². The van der Waals surface area contributed by atoms with E-state index >= 15 is 0 Å². The molecule has 1 aliphatic carbocycles. The molecule has 0 aromatic heterocycles. The normalized spacial score (nSPS) is 19.1. The molecule has 0 heterocycles. The van der Waals surface area contributed by atoms with Crippen LogP contribution >= 0.6 is 0 Å². The average Bonchev–Trinajstić information content (AvgIpc) is 2.66. The summed E-state index contributed by atoms with van der Waals surface area (Å²) >= 11 is 0. The highest BCUT2D eigenvalue weighted by molar-refractivity contribution is 5.89. The van der Waals surface area contributed by atoms with E-state index in [0.29, 0.717) is 5.75 Å². The van der Waals surface area contributed by atoms with Crippen LogP contribution in [0.3, 0.4) is 0 Å². The van der Waals surface area contributed by atoms with Gasteiger partial charge >= 0.3 is 12.0 Å². The quantitative estimate of drug-likeness (QED) is 0.738. The Bertz CT molecular complexity index is 779. The maximum absolute atomic E-state index is 12.1. The van der Waals surface area contributed by atoms with Crippen molar-refractivity contribution < 1.29 is 19.4 Å². The van der Waals surface area contributed by atoms with Gasteiger partial charge in [0.1, 0.15) is 5.75 Å². The van der Waals surface area contributed by atoms with Crippen molar-refractivity contribution >= 4 is 17.7 Å². The number of hydrogen-bond acceptors (Lipinski definition) is 3. The Hall–Kier alpha value is -3.02. The zero-order valence-electron chi connectivity index (χ0n) is 15.3. The predicted molar refractivity (Wildman–Crippen MR) is 103 cm³/mol. The fourth-order valence-electron chi connectivity index (χ4n) is 3.18. The zero-order chi connectivity index (χ0) is 19.2. The molecule has 1 saturated carbocycles. The first-order chi connectivity index (χ1) is 13.0. The topological polar surface area (TPSA) is 87.7 Å². The van der Waals surface area contributed by atoms with Crippen LogP contribution in [0, 0.1) is 6.92 Å². The summed E-state index contributed by atoms with van der Waals surface area (Å²) in [6.45, 7) is 2.00. The number of carboxylic acids is 1. The van der Waals surface area contributed by atoms with Gasteiger partial charge in [-0.15, -0.1) is 0 Å². The van der Waals surface area contributed by atoms with Gasteiger partial charge in [-0.3, -0.25) is 0 Å². The van der Waals surface area contributed by atoms with Gasteiger partial charge in [0.25, 0.3) is 0 Å². The lowest BCUT2D eigenvalue weighted by atomic mass is 9.93. The number of anilines is 1. The number of rotatable bonds is 5. The van der Waals surface area contributed by atoms with Crippen molar-refractivity contribution in [1.29, 1.82) is 0 Å². The Morgan fingerprint density at radius 1 is 0.963 bits per heavy atom. The molecule has 142 valence electrons. The standard InChI is InChI=1S/C21H24N2O4/c1-14-2-6-16(7-3-14)22-21(26)23-17-8-12-19(13-9-17)27-18-10-4-15(5-11-18)20(24)25/h2-7,10-11,17,19H,8-9,12-13H2,1H3,(H,24,25)(H2,22,23,26)/t17-,19+. The van der Waals surface area contributed by atoms with Crippen molar-refractivity contribution in [3.05, 3.63) is 59.7 Å². The molecule has 3 N–H and O–H groups in total. The highest BCUT2D eigenvalue weighted by atomic mass is 16.5. The van der Waals surface area contributed by atoms with E-state index in [9.17, 15) is 9.59 Å². The molecule has 0 saturated heterocycles. The number of carboxylic acid groups (broad SMARTS) is 1. The molecule has 27 heavy (non-hydrogen) atoms. The molecule has 0 unspecified atom stereocenters. The van der Waals surface area contributed by atoms with E-state index < -0.39 is 5.97 Å². The monoisotopic (exact) mass is 368 g/mol. The van der Waals surface area contributed by atoms with Gasteiger partial charge < -0.3 is 20.5 Å². The number of hydrogen-bond donors (Lipinski definition) is 3. The smallest absolute Gasteiger partial charge is 0.335 e. The lowest BCUT2D eigenvalue weighted by Gasteiger charge is -2.29. The minimum absolute atomic E-state index is 0.0823. The van der Waals surface area contributed by atoms with Gasteiger partial charge in [0.05, 0.1) is 11.7 Å². The van der Waals surface area contributed by atoms with Crippen LogP contribution in [0.4, 0.5) is 10.5 Å². The Morgan fingerprint density at radius 3 is 2.19 bits per heavy atom. The maximum Gasteiger partial charge on any atom is 0.335 e. The molecule has 0 aliphatic heterocycles. The van der Waals surface area contributed by atoms with E-state index in [0.717, 1.165) is 36.9 Å². The highest BCUT2D eigenvalue weighted by Crippen LogP contribution is 2.24. The third-order valence-electron chi connectivity index (χ3n) is 4.72.